The Labute approximate surface area is 152 Å². The van der Waals surface area contributed by atoms with Crippen LogP contribution in [0.4, 0.5) is 5.69 Å². The van der Waals surface area contributed by atoms with Crippen LogP contribution < -0.4 is 10.6 Å². The minimum Gasteiger partial charge on any atom is -0.359 e. The normalized spacial score (nSPS) is 17.0. The number of fused-ring (bicyclic) bond motifs is 2. The van der Waals surface area contributed by atoms with Crippen LogP contribution in [0.15, 0.2) is 24.3 Å². The molecule has 5 nitrogen and oxygen atoms in total. The predicted octanol–water partition coefficient (Wildman–Crippen LogP) is 3.06. The Morgan fingerprint density at radius 2 is 2.04 bits per heavy atom. The lowest BCUT2D eigenvalue weighted by Gasteiger charge is -2.12. The van der Waals surface area contributed by atoms with E-state index in [1.54, 1.807) is 7.05 Å². The van der Waals surface area contributed by atoms with Gasteiger partial charge < -0.3 is 15.6 Å². The number of H-pyrrole nitrogens is 1. The maximum atomic E-state index is 12.4. The van der Waals surface area contributed by atoms with Crippen molar-refractivity contribution in [1.82, 2.24) is 10.3 Å². The molecule has 0 unspecified atom stereocenters. The number of amides is 2. The van der Waals surface area contributed by atoms with Crippen LogP contribution in [0, 0.1) is 0 Å². The molecule has 1 aliphatic carbocycles. The zero-order valence-corrected chi connectivity index (χ0v) is 14.9. The molecule has 1 aromatic carbocycles. The van der Waals surface area contributed by atoms with Gasteiger partial charge in [-0.25, -0.2) is 0 Å². The fourth-order valence-corrected chi connectivity index (χ4v) is 3.98. The topological polar surface area (TPSA) is 74.0 Å². The second kappa shape index (κ2) is 6.83. The van der Waals surface area contributed by atoms with E-state index in [1.807, 2.05) is 30.3 Å². The smallest absolute Gasteiger partial charge is 0.256 e. The molecule has 0 fully saturated rings. The van der Waals surface area contributed by atoms with Crippen molar-refractivity contribution in [3.05, 3.63) is 52.3 Å². The largest absolute Gasteiger partial charge is 0.359 e. The average molecular weight is 349 g/mol. The number of para-hydroxylation sites is 1. The fraction of sp³-hybridized carbons (Fsp3) is 0.333. The Bertz CT molecular complexity index is 908. The van der Waals surface area contributed by atoms with Gasteiger partial charge in [-0.1, -0.05) is 18.2 Å². The van der Waals surface area contributed by atoms with Crippen molar-refractivity contribution < 1.29 is 9.59 Å². The third-order valence-corrected chi connectivity index (χ3v) is 5.32. The summed E-state index contributed by atoms with van der Waals surface area (Å²) in [5.74, 6) is -0.0330. The molecule has 0 bridgehead atoms. The standard InChI is InChI=1S/C21H23N3O2/c1-22-20(25)11-10-15-13-6-2-4-8-17(13)23-19(15)12-16-14-7-3-5-9-18(14)24-21(16)26/h3,5,7,9,12,23H,2,4,6,8,10-11H2,1H3,(H,22,25)(H,24,26). The minimum absolute atomic E-state index is 0.0401. The summed E-state index contributed by atoms with van der Waals surface area (Å²) in [5, 5.41) is 5.61. The SMILES string of the molecule is CNC(=O)CCc1c(C=C2C(=O)Nc3ccccc32)[nH]c2c1CCCC2. The number of hydrogen-bond donors (Lipinski definition) is 3. The lowest BCUT2D eigenvalue weighted by atomic mass is 9.92. The predicted molar refractivity (Wildman–Crippen MR) is 103 cm³/mol. The summed E-state index contributed by atoms with van der Waals surface area (Å²) in [7, 11) is 1.66. The molecule has 134 valence electrons. The van der Waals surface area contributed by atoms with Crippen LogP contribution in [-0.2, 0) is 28.9 Å². The number of aryl methyl sites for hydroxylation is 1. The summed E-state index contributed by atoms with van der Waals surface area (Å²) in [6, 6.07) is 7.75. The van der Waals surface area contributed by atoms with Crippen molar-refractivity contribution in [3.8, 4) is 0 Å². The van der Waals surface area contributed by atoms with Gasteiger partial charge in [0.05, 0.1) is 5.57 Å². The van der Waals surface area contributed by atoms with Crippen LogP contribution in [0.25, 0.3) is 11.6 Å². The Kier molecular flexibility index (Phi) is 4.37. The Hall–Kier alpha value is -2.82. The highest BCUT2D eigenvalue weighted by atomic mass is 16.2. The average Bonchev–Trinajstić information content (AvgIpc) is 3.17. The third-order valence-electron chi connectivity index (χ3n) is 5.32. The zero-order chi connectivity index (χ0) is 18.1. The summed E-state index contributed by atoms with van der Waals surface area (Å²) in [6.45, 7) is 0. The van der Waals surface area contributed by atoms with Crippen molar-refractivity contribution in [2.24, 2.45) is 0 Å². The van der Waals surface area contributed by atoms with Gasteiger partial charge in [0.2, 0.25) is 5.91 Å². The van der Waals surface area contributed by atoms with Crippen LogP contribution in [0.3, 0.4) is 0 Å². The number of aromatic amines is 1. The summed E-state index contributed by atoms with van der Waals surface area (Å²) in [6.07, 6.45) is 7.54. The van der Waals surface area contributed by atoms with Crippen molar-refractivity contribution in [2.75, 3.05) is 12.4 Å². The van der Waals surface area contributed by atoms with E-state index in [1.165, 1.54) is 29.7 Å². The number of anilines is 1. The van der Waals surface area contributed by atoms with Crippen molar-refractivity contribution in [3.63, 3.8) is 0 Å². The molecular formula is C21H23N3O2. The van der Waals surface area contributed by atoms with E-state index in [2.05, 4.69) is 15.6 Å². The van der Waals surface area contributed by atoms with E-state index >= 15 is 0 Å². The van der Waals surface area contributed by atoms with Gasteiger partial charge in [0.25, 0.3) is 5.91 Å². The lowest BCUT2D eigenvalue weighted by Crippen LogP contribution is -2.18. The molecule has 0 spiro atoms. The van der Waals surface area contributed by atoms with Crippen molar-refractivity contribution >= 4 is 29.2 Å². The van der Waals surface area contributed by atoms with Gasteiger partial charge in [-0.2, -0.15) is 0 Å². The third kappa shape index (κ3) is 2.94. The van der Waals surface area contributed by atoms with Crippen LogP contribution in [-0.4, -0.2) is 23.8 Å². The maximum Gasteiger partial charge on any atom is 0.256 e. The van der Waals surface area contributed by atoms with Gasteiger partial charge >= 0.3 is 0 Å². The number of carbonyl (C=O) groups is 2. The molecule has 0 radical (unpaired) electrons. The van der Waals surface area contributed by atoms with Crippen molar-refractivity contribution in [2.45, 2.75) is 38.5 Å². The quantitative estimate of drug-likeness (QED) is 0.742. The highest BCUT2D eigenvalue weighted by Gasteiger charge is 2.25. The van der Waals surface area contributed by atoms with Gasteiger partial charge in [-0.05, 0) is 55.4 Å². The second-order valence-corrected chi connectivity index (χ2v) is 6.91. The van der Waals surface area contributed by atoms with Crippen LogP contribution in [0.2, 0.25) is 0 Å². The molecule has 4 rings (SSSR count). The number of hydrogen-bond acceptors (Lipinski definition) is 2. The van der Waals surface area contributed by atoms with Gasteiger partial charge in [0.1, 0.15) is 0 Å². The molecule has 0 saturated carbocycles. The monoisotopic (exact) mass is 349 g/mol. The number of aromatic nitrogens is 1. The molecule has 2 aliphatic rings. The Morgan fingerprint density at radius 1 is 1.23 bits per heavy atom. The highest BCUT2D eigenvalue weighted by Crippen LogP contribution is 2.35. The number of benzene rings is 1. The molecule has 3 N–H and O–H groups in total. The van der Waals surface area contributed by atoms with Gasteiger partial charge in [0.15, 0.2) is 0 Å². The van der Waals surface area contributed by atoms with Crippen LogP contribution >= 0.6 is 0 Å². The number of nitrogens with one attached hydrogen (secondary N) is 3. The van der Waals surface area contributed by atoms with Crippen LogP contribution in [0.5, 0.6) is 0 Å². The molecule has 0 atom stereocenters. The van der Waals surface area contributed by atoms with E-state index < -0.39 is 0 Å². The van der Waals surface area contributed by atoms with E-state index in [0.29, 0.717) is 18.4 Å². The maximum absolute atomic E-state index is 12.4. The minimum atomic E-state index is -0.0731. The van der Waals surface area contributed by atoms with Gasteiger partial charge in [-0.3, -0.25) is 9.59 Å². The van der Waals surface area contributed by atoms with E-state index in [9.17, 15) is 9.59 Å². The van der Waals surface area contributed by atoms with Crippen LogP contribution in [0.1, 0.15) is 47.3 Å². The molecule has 26 heavy (non-hydrogen) atoms. The van der Waals surface area contributed by atoms with Gasteiger partial charge in [-0.15, -0.1) is 0 Å². The zero-order valence-electron chi connectivity index (χ0n) is 14.9. The first-order valence-electron chi connectivity index (χ1n) is 9.23. The molecule has 1 aliphatic heterocycles. The first-order valence-corrected chi connectivity index (χ1v) is 9.23. The summed E-state index contributed by atoms with van der Waals surface area (Å²) in [5.41, 5.74) is 7.24. The molecule has 1 aromatic heterocycles. The Morgan fingerprint density at radius 3 is 2.88 bits per heavy atom. The number of carbonyl (C=O) groups excluding carboxylic acids is 2. The number of rotatable bonds is 4. The Balaban J connectivity index is 1.75. The van der Waals surface area contributed by atoms with Crippen molar-refractivity contribution in [1.29, 1.82) is 0 Å². The summed E-state index contributed by atoms with van der Waals surface area (Å²) in [4.78, 5) is 27.7. The van der Waals surface area contributed by atoms with E-state index in [0.717, 1.165) is 29.8 Å². The second-order valence-electron chi connectivity index (χ2n) is 6.91. The van der Waals surface area contributed by atoms with E-state index in [-0.39, 0.29) is 11.8 Å². The molecule has 5 heteroatoms. The lowest BCUT2D eigenvalue weighted by molar-refractivity contribution is -0.120. The molecular weight excluding hydrogens is 326 g/mol. The molecule has 2 aromatic rings. The fourth-order valence-electron chi connectivity index (χ4n) is 3.98. The molecule has 2 amide bonds. The summed E-state index contributed by atoms with van der Waals surface area (Å²) >= 11 is 0. The first kappa shape index (κ1) is 16.6. The first-order chi connectivity index (χ1) is 12.7. The molecule has 2 heterocycles. The molecule has 0 saturated heterocycles. The van der Waals surface area contributed by atoms with E-state index in [4.69, 9.17) is 0 Å². The van der Waals surface area contributed by atoms with Gasteiger partial charge in [0, 0.05) is 36.1 Å². The highest BCUT2D eigenvalue weighted by molar-refractivity contribution is 6.34. The summed E-state index contributed by atoms with van der Waals surface area (Å²) < 4.78 is 0.